The van der Waals surface area contributed by atoms with Crippen molar-refractivity contribution < 1.29 is 5.11 Å². The zero-order valence-corrected chi connectivity index (χ0v) is 17.0. The van der Waals surface area contributed by atoms with Crippen LogP contribution in [0.4, 0.5) is 17.5 Å². The summed E-state index contributed by atoms with van der Waals surface area (Å²) in [7, 11) is 0. The number of halogens is 1. The molecule has 0 aliphatic rings. The van der Waals surface area contributed by atoms with Gasteiger partial charge in [0.05, 0.1) is 31.2 Å². The molecule has 0 radical (unpaired) electrons. The van der Waals surface area contributed by atoms with E-state index in [1.807, 2.05) is 12.3 Å². The molecule has 0 saturated carbocycles. The molecule has 0 saturated heterocycles. The van der Waals surface area contributed by atoms with Gasteiger partial charge in [0.2, 0.25) is 5.95 Å². The highest BCUT2D eigenvalue weighted by molar-refractivity contribution is 7.96. The third-order valence-corrected chi connectivity index (χ3v) is 4.54. The molecule has 28 heavy (non-hydrogen) atoms. The molecule has 0 bridgehead atoms. The molecule has 0 spiro atoms. The van der Waals surface area contributed by atoms with Crippen molar-refractivity contribution in [3.05, 3.63) is 59.0 Å². The Hall–Kier alpha value is -2.33. The second kappa shape index (κ2) is 10.3. The van der Waals surface area contributed by atoms with Gasteiger partial charge in [-0.2, -0.15) is 10.1 Å². The van der Waals surface area contributed by atoms with E-state index in [0.717, 1.165) is 17.8 Å². The highest BCUT2D eigenvalue weighted by Crippen LogP contribution is 2.22. The molecule has 0 unspecified atom stereocenters. The summed E-state index contributed by atoms with van der Waals surface area (Å²) >= 11 is 7.83. The van der Waals surface area contributed by atoms with Crippen molar-refractivity contribution in [1.29, 1.82) is 0 Å². The minimum atomic E-state index is 0.0289. The lowest BCUT2D eigenvalue weighted by Crippen LogP contribution is -2.06. The molecule has 8 nitrogen and oxygen atoms in total. The molecule has 2 heterocycles. The fourth-order valence-electron chi connectivity index (χ4n) is 2.52. The maximum atomic E-state index is 8.96. The highest BCUT2D eigenvalue weighted by atomic mass is 35.5. The number of hydrogen-bond acceptors (Lipinski definition) is 8. The number of aromatic nitrogens is 4. The van der Waals surface area contributed by atoms with Crippen LogP contribution in [0, 0.1) is 0 Å². The number of nitrogens with one attached hydrogen (secondary N) is 3. The SMILES string of the molecule is CSNCc1cccc(CNc2nc(Nc3cnn(CCO)c3)ncc2Cl)c1. The molecule has 0 fully saturated rings. The second-order valence-corrected chi connectivity index (χ2v) is 7.03. The van der Waals surface area contributed by atoms with E-state index in [9.17, 15) is 0 Å². The quantitative estimate of drug-likeness (QED) is 0.372. The van der Waals surface area contributed by atoms with Crippen LogP contribution in [0.5, 0.6) is 0 Å². The second-order valence-electron chi connectivity index (χ2n) is 5.93. The van der Waals surface area contributed by atoms with E-state index in [1.165, 1.54) is 5.56 Å². The van der Waals surface area contributed by atoms with Crippen LogP contribution < -0.4 is 15.4 Å². The monoisotopic (exact) mass is 419 g/mol. The number of benzene rings is 1. The van der Waals surface area contributed by atoms with Crippen LogP contribution in [0.1, 0.15) is 11.1 Å². The summed E-state index contributed by atoms with van der Waals surface area (Å²) in [6, 6.07) is 8.32. The minimum Gasteiger partial charge on any atom is -0.394 e. The Bertz CT molecular complexity index is 905. The Balaban J connectivity index is 1.64. The van der Waals surface area contributed by atoms with E-state index >= 15 is 0 Å². The van der Waals surface area contributed by atoms with Gasteiger partial charge in [0, 0.05) is 19.3 Å². The average Bonchev–Trinajstić information content (AvgIpc) is 3.14. The maximum Gasteiger partial charge on any atom is 0.229 e. The predicted octanol–water partition coefficient (Wildman–Crippen LogP) is 3.04. The molecule has 0 aliphatic carbocycles. The molecule has 10 heteroatoms. The maximum absolute atomic E-state index is 8.96. The van der Waals surface area contributed by atoms with E-state index in [0.29, 0.717) is 29.9 Å². The van der Waals surface area contributed by atoms with E-state index < -0.39 is 0 Å². The van der Waals surface area contributed by atoms with Gasteiger partial charge in [-0.15, -0.1) is 0 Å². The zero-order valence-electron chi connectivity index (χ0n) is 15.4. The van der Waals surface area contributed by atoms with Crippen molar-refractivity contribution >= 4 is 41.0 Å². The van der Waals surface area contributed by atoms with Crippen molar-refractivity contribution in [1.82, 2.24) is 24.5 Å². The van der Waals surface area contributed by atoms with Gasteiger partial charge in [-0.25, -0.2) is 4.98 Å². The van der Waals surface area contributed by atoms with Gasteiger partial charge in [0.1, 0.15) is 5.02 Å². The van der Waals surface area contributed by atoms with Crippen molar-refractivity contribution in [2.24, 2.45) is 0 Å². The Morgan fingerprint density at radius 2 is 2.04 bits per heavy atom. The number of aliphatic hydroxyl groups is 1. The normalized spacial score (nSPS) is 10.8. The first-order valence-corrected chi connectivity index (χ1v) is 10.3. The van der Waals surface area contributed by atoms with Crippen molar-refractivity contribution in [3.8, 4) is 0 Å². The Morgan fingerprint density at radius 1 is 1.21 bits per heavy atom. The predicted molar refractivity (Wildman–Crippen MR) is 114 cm³/mol. The molecular weight excluding hydrogens is 398 g/mol. The Labute approximate surface area is 172 Å². The van der Waals surface area contributed by atoms with Crippen LogP contribution in [0.25, 0.3) is 0 Å². The van der Waals surface area contributed by atoms with E-state index in [-0.39, 0.29) is 6.61 Å². The van der Waals surface area contributed by atoms with Gasteiger partial charge >= 0.3 is 0 Å². The summed E-state index contributed by atoms with van der Waals surface area (Å²) in [4.78, 5) is 8.64. The van der Waals surface area contributed by atoms with Crippen LogP contribution >= 0.6 is 23.5 Å². The minimum absolute atomic E-state index is 0.0289. The van der Waals surface area contributed by atoms with E-state index in [4.69, 9.17) is 16.7 Å². The first kappa shape index (κ1) is 20.4. The lowest BCUT2D eigenvalue weighted by molar-refractivity contribution is 0.269. The smallest absolute Gasteiger partial charge is 0.229 e. The first-order valence-electron chi connectivity index (χ1n) is 8.68. The van der Waals surface area contributed by atoms with Gasteiger partial charge < -0.3 is 15.7 Å². The third-order valence-electron chi connectivity index (χ3n) is 3.83. The summed E-state index contributed by atoms with van der Waals surface area (Å²) in [6.45, 7) is 1.86. The Kier molecular flexibility index (Phi) is 7.49. The van der Waals surface area contributed by atoms with Crippen LogP contribution in [0.3, 0.4) is 0 Å². The third kappa shape index (κ3) is 5.83. The molecule has 2 aromatic heterocycles. The van der Waals surface area contributed by atoms with Crippen molar-refractivity contribution in [2.45, 2.75) is 19.6 Å². The van der Waals surface area contributed by atoms with Crippen molar-refractivity contribution in [3.63, 3.8) is 0 Å². The largest absolute Gasteiger partial charge is 0.394 e. The van der Waals surface area contributed by atoms with E-state index in [1.54, 1.807) is 35.2 Å². The lowest BCUT2D eigenvalue weighted by Gasteiger charge is -2.10. The standard InChI is InChI=1S/C18H22ClN7OS/c1-28-23-9-14-4-2-3-13(7-14)8-20-17-16(19)11-21-18(25-17)24-15-10-22-26(12-15)5-6-27/h2-4,7,10-12,23,27H,5-6,8-9H2,1H3,(H2,20,21,24,25). The molecule has 148 valence electrons. The van der Waals surface area contributed by atoms with Gasteiger partial charge in [-0.3, -0.25) is 9.40 Å². The fourth-order valence-corrected chi connectivity index (χ4v) is 2.99. The number of aliphatic hydroxyl groups excluding tert-OH is 1. The Morgan fingerprint density at radius 3 is 2.82 bits per heavy atom. The molecule has 3 aromatic rings. The summed E-state index contributed by atoms with van der Waals surface area (Å²) < 4.78 is 4.88. The summed E-state index contributed by atoms with van der Waals surface area (Å²) in [5, 5.41) is 19.9. The number of nitrogens with zero attached hydrogens (tertiary/aromatic N) is 4. The highest BCUT2D eigenvalue weighted by Gasteiger charge is 2.07. The van der Waals surface area contributed by atoms with Gasteiger partial charge in [0.25, 0.3) is 0 Å². The van der Waals surface area contributed by atoms with Gasteiger partial charge in [-0.1, -0.05) is 47.8 Å². The fraction of sp³-hybridized carbons (Fsp3) is 0.278. The topological polar surface area (TPSA) is 99.9 Å². The van der Waals surface area contributed by atoms with Gasteiger partial charge in [-0.05, 0) is 17.4 Å². The molecule has 0 atom stereocenters. The molecular formula is C18H22ClN7OS. The molecule has 0 amide bonds. The van der Waals surface area contributed by atoms with E-state index in [2.05, 4.69) is 48.6 Å². The first-order chi connectivity index (χ1) is 13.7. The van der Waals surface area contributed by atoms with Crippen LogP contribution in [-0.2, 0) is 19.6 Å². The summed E-state index contributed by atoms with van der Waals surface area (Å²) in [6.07, 6.45) is 6.98. The van der Waals surface area contributed by atoms with Crippen LogP contribution in [0.15, 0.2) is 42.9 Å². The molecule has 4 N–H and O–H groups in total. The van der Waals surface area contributed by atoms with Crippen molar-refractivity contribution in [2.75, 3.05) is 23.5 Å². The summed E-state index contributed by atoms with van der Waals surface area (Å²) in [5.74, 6) is 0.961. The average molecular weight is 420 g/mol. The lowest BCUT2D eigenvalue weighted by atomic mass is 10.1. The number of hydrogen-bond donors (Lipinski definition) is 4. The molecule has 3 rings (SSSR count). The number of anilines is 3. The summed E-state index contributed by atoms with van der Waals surface area (Å²) in [5.41, 5.74) is 3.08. The molecule has 1 aromatic carbocycles. The molecule has 0 aliphatic heterocycles. The number of rotatable bonds is 10. The van der Waals surface area contributed by atoms with Gasteiger partial charge in [0.15, 0.2) is 5.82 Å². The zero-order chi connectivity index (χ0) is 19.8. The van der Waals surface area contributed by atoms with Crippen LogP contribution in [-0.4, -0.2) is 37.7 Å². The van der Waals surface area contributed by atoms with Crippen LogP contribution in [0.2, 0.25) is 5.02 Å².